The molecule has 2 aliphatic carbocycles. The Kier molecular flexibility index (Phi) is 3.46. The number of oxazole rings is 1. The van der Waals surface area contributed by atoms with Crippen LogP contribution in [-0.4, -0.2) is 29.4 Å². The van der Waals surface area contributed by atoms with Crippen molar-refractivity contribution in [2.75, 3.05) is 0 Å². The Hall–Kier alpha value is -1.80. The molecule has 1 atom stereocenters. The van der Waals surface area contributed by atoms with Crippen LogP contribution < -0.4 is 4.72 Å². The second kappa shape index (κ2) is 5.38. The maximum absolute atomic E-state index is 12.4. The fourth-order valence-corrected chi connectivity index (χ4v) is 4.04. The van der Waals surface area contributed by atoms with Gasteiger partial charge in [-0.05, 0) is 44.6 Å². The monoisotopic (exact) mass is 334 g/mol. The molecule has 23 heavy (non-hydrogen) atoms. The summed E-state index contributed by atoms with van der Waals surface area (Å²) in [5.74, 6) is 1.57. The van der Waals surface area contributed by atoms with Gasteiger partial charge in [-0.1, -0.05) is 0 Å². The van der Waals surface area contributed by atoms with Crippen molar-refractivity contribution in [1.82, 2.24) is 19.7 Å². The van der Waals surface area contributed by atoms with E-state index in [1.165, 1.54) is 6.20 Å². The summed E-state index contributed by atoms with van der Waals surface area (Å²) in [6.45, 7) is 1.86. The van der Waals surface area contributed by atoms with Crippen LogP contribution in [0.3, 0.4) is 0 Å². The third-order valence-corrected chi connectivity index (χ3v) is 5.65. The average molecular weight is 334 g/mol. The molecule has 1 unspecified atom stereocenters. The molecule has 1 N–H and O–H groups in total. The van der Waals surface area contributed by atoms with Gasteiger partial charge in [0.1, 0.15) is 5.82 Å². The maximum Gasteiger partial charge on any atom is 0.275 e. The molecular weight excluding hydrogens is 316 g/mol. The van der Waals surface area contributed by atoms with Crippen molar-refractivity contribution in [3.8, 4) is 0 Å². The number of hydrogen-bond acceptors (Lipinski definition) is 6. The van der Waals surface area contributed by atoms with Crippen molar-refractivity contribution >= 4 is 10.0 Å². The largest absolute Gasteiger partial charge is 0.428 e. The minimum absolute atomic E-state index is 0.0923. The summed E-state index contributed by atoms with van der Waals surface area (Å²) in [6, 6.07) is -0.173. The van der Waals surface area contributed by atoms with Gasteiger partial charge < -0.3 is 4.42 Å². The quantitative estimate of drug-likeness (QED) is 0.909. The van der Waals surface area contributed by atoms with Crippen LogP contribution in [0.25, 0.3) is 0 Å². The van der Waals surface area contributed by atoms with E-state index in [2.05, 4.69) is 19.7 Å². The van der Waals surface area contributed by atoms with Crippen molar-refractivity contribution in [1.29, 1.82) is 0 Å². The third kappa shape index (κ3) is 3.00. The van der Waals surface area contributed by atoms with Gasteiger partial charge in [0.05, 0.1) is 6.20 Å². The SMILES string of the molecule is Cc1ncc2c(n1)CCC(NS(=O)(=O)c1cnc(C3CC3)o1)C2. The highest BCUT2D eigenvalue weighted by Crippen LogP contribution is 2.39. The summed E-state index contributed by atoms with van der Waals surface area (Å²) < 4.78 is 33.0. The van der Waals surface area contributed by atoms with Crippen molar-refractivity contribution in [3.05, 3.63) is 35.4 Å². The van der Waals surface area contributed by atoms with Crippen LogP contribution in [0.15, 0.2) is 21.9 Å². The number of hydrogen-bond donors (Lipinski definition) is 1. The van der Waals surface area contributed by atoms with Gasteiger partial charge >= 0.3 is 0 Å². The Morgan fingerprint density at radius 2 is 2.04 bits per heavy atom. The zero-order chi connectivity index (χ0) is 16.0. The summed E-state index contributed by atoms with van der Waals surface area (Å²) >= 11 is 0. The molecule has 0 aliphatic heterocycles. The Labute approximate surface area is 134 Å². The highest BCUT2D eigenvalue weighted by molar-refractivity contribution is 7.89. The molecule has 7 nitrogen and oxygen atoms in total. The summed E-state index contributed by atoms with van der Waals surface area (Å²) in [6.07, 6.45) is 7.19. The number of aromatic nitrogens is 3. The predicted octanol–water partition coefficient (Wildman–Crippen LogP) is 1.49. The van der Waals surface area contributed by atoms with Crippen molar-refractivity contribution < 1.29 is 12.8 Å². The van der Waals surface area contributed by atoms with Crippen molar-refractivity contribution in [2.24, 2.45) is 0 Å². The predicted molar refractivity (Wildman–Crippen MR) is 81.4 cm³/mol. The molecule has 0 spiro atoms. The van der Waals surface area contributed by atoms with Gasteiger partial charge in [-0.25, -0.2) is 28.1 Å². The van der Waals surface area contributed by atoms with E-state index in [-0.39, 0.29) is 11.1 Å². The lowest BCUT2D eigenvalue weighted by Crippen LogP contribution is -2.39. The van der Waals surface area contributed by atoms with Crippen LogP contribution in [0.1, 0.15) is 48.2 Å². The molecule has 1 fully saturated rings. The highest BCUT2D eigenvalue weighted by atomic mass is 32.2. The number of sulfonamides is 1. The van der Waals surface area contributed by atoms with Gasteiger partial charge in [0.15, 0.2) is 5.89 Å². The van der Waals surface area contributed by atoms with E-state index in [4.69, 9.17) is 4.42 Å². The molecule has 0 radical (unpaired) electrons. The van der Waals surface area contributed by atoms with E-state index in [1.807, 2.05) is 6.92 Å². The molecule has 2 heterocycles. The van der Waals surface area contributed by atoms with E-state index in [0.717, 1.165) is 36.3 Å². The van der Waals surface area contributed by atoms with Gasteiger partial charge in [-0.15, -0.1) is 0 Å². The first-order chi connectivity index (χ1) is 11.0. The Morgan fingerprint density at radius 1 is 1.22 bits per heavy atom. The third-order valence-electron chi connectivity index (χ3n) is 4.29. The van der Waals surface area contributed by atoms with Crippen LogP contribution >= 0.6 is 0 Å². The van der Waals surface area contributed by atoms with Gasteiger partial charge in [0.2, 0.25) is 0 Å². The van der Waals surface area contributed by atoms with Crippen molar-refractivity contribution in [3.63, 3.8) is 0 Å². The first-order valence-corrected chi connectivity index (χ1v) is 9.29. The van der Waals surface area contributed by atoms with E-state index < -0.39 is 10.0 Å². The molecule has 0 amide bonds. The van der Waals surface area contributed by atoms with Crippen LogP contribution in [0, 0.1) is 6.92 Å². The number of rotatable bonds is 4. The Balaban J connectivity index is 1.49. The molecule has 2 aromatic heterocycles. The van der Waals surface area contributed by atoms with Crippen LogP contribution in [0.4, 0.5) is 0 Å². The molecule has 0 aromatic carbocycles. The van der Waals surface area contributed by atoms with Gasteiger partial charge in [0, 0.05) is 23.9 Å². The molecule has 8 heteroatoms. The Morgan fingerprint density at radius 3 is 2.83 bits per heavy atom. The zero-order valence-electron chi connectivity index (χ0n) is 12.8. The van der Waals surface area contributed by atoms with Crippen LogP contribution in [0.5, 0.6) is 0 Å². The molecule has 2 aliphatic rings. The second-order valence-corrected chi connectivity index (χ2v) is 7.89. The van der Waals surface area contributed by atoms with Crippen molar-refractivity contribution in [2.45, 2.75) is 56.1 Å². The fraction of sp³-hybridized carbons (Fsp3) is 0.533. The summed E-state index contributed by atoms with van der Waals surface area (Å²) in [4.78, 5) is 12.7. The Bertz CT molecular complexity index is 842. The van der Waals surface area contributed by atoms with Crippen LogP contribution in [-0.2, 0) is 22.9 Å². The maximum atomic E-state index is 12.4. The average Bonchev–Trinajstić information content (AvgIpc) is 3.23. The lowest BCUT2D eigenvalue weighted by Gasteiger charge is -2.23. The number of nitrogens with zero attached hydrogens (tertiary/aromatic N) is 3. The molecule has 2 aromatic rings. The summed E-state index contributed by atoms with van der Waals surface area (Å²) in [5, 5.41) is -0.0923. The molecule has 4 rings (SSSR count). The number of fused-ring (bicyclic) bond motifs is 1. The molecule has 0 bridgehead atoms. The number of nitrogens with one attached hydrogen (secondary N) is 1. The van der Waals surface area contributed by atoms with E-state index in [1.54, 1.807) is 6.20 Å². The lowest BCUT2D eigenvalue weighted by atomic mass is 9.93. The minimum Gasteiger partial charge on any atom is -0.428 e. The summed E-state index contributed by atoms with van der Waals surface area (Å²) in [7, 11) is -3.68. The highest BCUT2D eigenvalue weighted by Gasteiger charge is 2.32. The second-order valence-electron chi connectivity index (χ2n) is 6.24. The van der Waals surface area contributed by atoms with E-state index in [9.17, 15) is 8.42 Å². The van der Waals surface area contributed by atoms with Gasteiger partial charge in [-0.3, -0.25) is 0 Å². The van der Waals surface area contributed by atoms with Crippen LogP contribution in [0.2, 0.25) is 0 Å². The zero-order valence-corrected chi connectivity index (χ0v) is 13.6. The molecule has 1 saturated carbocycles. The molecular formula is C15H18N4O3S. The smallest absolute Gasteiger partial charge is 0.275 e. The van der Waals surface area contributed by atoms with Gasteiger partial charge in [-0.2, -0.15) is 0 Å². The first-order valence-electron chi connectivity index (χ1n) is 7.81. The lowest BCUT2D eigenvalue weighted by molar-refractivity contribution is 0.400. The fourth-order valence-electron chi connectivity index (χ4n) is 2.90. The first kappa shape index (κ1) is 14.8. The van der Waals surface area contributed by atoms with Gasteiger partial charge in [0.25, 0.3) is 15.1 Å². The topological polar surface area (TPSA) is 98.0 Å². The van der Waals surface area contributed by atoms with E-state index >= 15 is 0 Å². The standard InChI is InChI=1S/C15H18N4O3S/c1-9-16-7-11-6-12(4-5-13(11)18-9)19-23(20,21)14-8-17-15(22-14)10-2-3-10/h7-8,10,12,19H,2-6H2,1H3. The minimum atomic E-state index is -3.68. The summed E-state index contributed by atoms with van der Waals surface area (Å²) in [5.41, 5.74) is 2.02. The number of aryl methyl sites for hydroxylation is 2. The molecule has 122 valence electrons. The molecule has 0 saturated heterocycles. The van der Waals surface area contributed by atoms with E-state index in [0.29, 0.717) is 24.7 Å². The normalized spacial score (nSPS) is 21.2.